The van der Waals surface area contributed by atoms with Gasteiger partial charge in [0.05, 0.1) is 5.69 Å². The molecule has 22 heavy (non-hydrogen) atoms. The van der Waals surface area contributed by atoms with Gasteiger partial charge in [-0.3, -0.25) is 9.20 Å². The quantitative estimate of drug-likeness (QED) is 0.856. The molecule has 2 aromatic rings. The Morgan fingerprint density at radius 2 is 2.18 bits per heavy atom. The van der Waals surface area contributed by atoms with Crippen LogP contribution in [0.25, 0.3) is 4.96 Å². The molecule has 3 heterocycles. The lowest BCUT2D eigenvalue weighted by atomic mass is 10.0. The topological polar surface area (TPSA) is 71.8 Å². The van der Waals surface area contributed by atoms with Crippen molar-refractivity contribution in [1.29, 1.82) is 0 Å². The van der Waals surface area contributed by atoms with Crippen LogP contribution in [-0.4, -0.2) is 34.7 Å². The Kier molecular flexibility index (Phi) is 4.09. The lowest BCUT2D eigenvalue weighted by molar-refractivity contribution is 0.246. The number of rotatable bonds is 3. The van der Waals surface area contributed by atoms with Gasteiger partial charge in [-0.1, -0.05) is 13.3 Å². The molecule has 2 aromatic heterocycles. The van der Waals surface area contributed by atoms with Crippen LogP contribution in [0.5, 0.6) is 0 Å². The van der Waals surface area contributed by atoms with Gasteiger partial charge >= 0.3 is 0 Å². The average Bonchev–Trinajstić information content (AvgIpc) is 2.95. The van der Waals surface area contributed by atoms with Gasteiger partial charge in [-0.15, -0.1) is 11.3 Å². The molecule has 1 saturated heterocycles. The zero-order valence-electron chi connectivity index (χ0n) is 12.7. The van der Waals surface area contributed by atoms with E-state index in [1.54, 1.807) is 18.5 Å². The molecule has 0 amide bonds. The van der Waals surface area contributed by atoms with Gasteiger partial charge in [-0.25, -0.2) is 13.4 Å². The van der Waals surface area contributed by atoms with Crippen molar-refractivity contribution in [3.8, 4) is 0 Å². The average molecular weight is 341 g/mol. The molecular weight excluding hydrogens is 322 g/mol. The van der Waals surface area contributed by atoms with Crippen molar-refractivity contribution in [3.63, 3.8) is 0 Å². The molecule has 1 aliphatic rings. The van der Waals surface area contributed by atoms with Gasteiger partial charge in [0.2, 0.25) is 0 Å². The maximum absolute atomic E-state index is 13.0. The second kappa shape index (κ2) is 5.75. The predicted molar refractivity (Wildman–Crippen MR) is 85.9 cm³/mol. The number of fused-ring (bicyclic) bond motifs is 1. The first-order valence-corrected chi connectivity index (χ1v) is 9.77. The van der Waals surface area contributed by atoms with Crippen molar-refractivity contribution in [3.05, 3.63) is 27.6 Å². The predicted octanol–water partition coefficient (Wildman–Crippen LogP) is 2.02. The Morgan fingerprint density at radius 3 is 2.91 bits per heavy atom. The summed E-state index contributed by atoms with van der Waals surface area (Å²) in [6.07, 6.45) is 5.05. The third-order valence-corrected chi connectivity index (χ3v) is 7.05. The Labute approximate surface area is 133 Å². The summed E-state index contributed by atoms with van der Waals surface area (Å²) >= 11 is 1.32. The van der Waals surface area contributed by atoms with Crippen LogP contribution >= 0.6 is 11.3 Å². The molecule has 0 aliphatic carbocycles. The van der Waals surface area contributed by atoms with E-state index < -0.39 is 15.6 Å². The van der Waals surface area contributed by atoms with E-state index in [1.165, 1.54) is 20.0 Å². The molecule has 8 heteroatoms. The fourth-order valence-corrected chi connectivity index (χ4v) is 5.82. The summed E-state index contributed by atoms with van der Waals surface area (Å²) in [6.45, 7) is 4.06. The minimum absolute atomic E-state index is 0.0271. The van der Waals surface area contributed by atoms with E-state index in [9.17, 15) is 13.2 Å². The Bertz CT molecular complexity index is 854. The molecule has 1 fully saturated rings. The first-order chi connectivity index (χ1) is 10.5. The molecule has 0 N–H and O–H groups in total. The third kappa shape index (κ3) is 2.39. The highest BCUT2D eigenvalue weighted by Gasteiger charge is 2.36. The standard InChI is InChI=1S/C14H19N3O3S2/c1-3-11-6-4-5-7-17(11)22(19,20)12-10(2)15-14-16(13(12)18)8-9-21-14/h8-9,11H,3-7H2,1-2H3. The van der Waals surface area contributed by atoms with E-state index in [2.05, 4.69) is 4.98 Å². The van der Waals surface area contributed by atoms with E-state index in [0.717, 1.165) is 25.7 Å². The number of hydrogen-bond acceptors (Lipinski definition) is 5. The van der Waals surface area contributed by atoms with Crippen molar-refractivity contribution in [2.75, 3.05) is 6.54 Å². The number of hydrogen-bond donors (Lipinski definition) is 0. The molecule has 0 saturated carbocycles. The van der Waals surface area contributed by atoms with E-state index in [0.29, 0.717) is 11.5 Å². The van der Waals surface area contributed by atoms with Crippen LogP contribution in [0.1, 0.15) is 38.3 Å². The van der Waals surface area contributed by atoms with Crippen molar-refractivity contribution in [2.24, 2.45) is 0 Å². The Balaban J connectivity index is 2.18. The summed E-state index contributed by atoms with van der Waals surface area (Å²) in [5.41, 5.74) is -0.211. The minimum atomic E-state index is -3.81. The van der Waals surface area contributed by atoms with Crippen LogP contribution in [0.4, 0.5) is 0 Å². The zero-order valence-corrected chi connectivity index (χ0v) is 14.3. The van der Waals surface area contributed by atoms with Gasteiger partial charge < -0.3 is 0 Å². The van der Waals surface area contributed by atoms with Crippen molar-refractivity contribution in [2.45, 2.75) is 50.5 Å². The number of aromatic nitrogens is 2. The van der Waals surface area contributed by atoms with Gasteiger partial charge in [0.25, 0.3) is 15.6 Å². The SMILES string of the molecule is CCC1CCCCN1S(=O)(=O)c1c(C)nc2sccn2c1=O. The molecule has 3 rings (SSSR count). The van der Waals surface area contributed by atoms with Crippen LogP contribution in [0, 0.1) is 6.92 Å². The molecule has 1 unspecified atom stereocenters. The first kappa shape index (κ1) is 15.6. The fraction of sp³-hybridized carbons (Fsp3) is 0.571. The van der Waals surface area contributed by atoms with E-state index in [-0.39, 0.29) is 16.6 Å². The fourth-order valence-electron chi connectivity index (χ4n) is 3.08. The van der Waals surface area contributed by atoms with Crippen molar-refractivity contribution >= 4 is 26.3 Å². The van der Waals surface area contributed by atoms with Crippen LogP contribution in [0.15, 0.2) is 21.3 Å². The summed E-state index contributed by atoms with van der Waals surface area (Å²) in [7, 11) is -3.81. The maximum atomic E-state index is 13.0. The van der Waals surface area contributed by atoms with Crippen molar-refractivity contribution in [1.82, 2.24) is 13.7 Å². The van der Waals surface area contributed by atoms with E-state index >= 15 is 0 Å². The zero-order chi connectivity index (χ0) is 15.9. The second-order valence-electron chi connectivity index (χ2n) is 5.56. The number of thiazole rings is 1. The molecule has 0 spiro atoms. The van der Waals surface area contributed by atoms with Crippen LogP contribution < -0.4 is 5.56 Å². The van der Waals surface area contributed by atoms with Crippen LogP contribution in [0.3, 0.4) is 0 Å². The van der Waals surface area contributed by atoms with Gasteiger partial charge in [0.15, 0.2) is 9.86 Å². The smallest absolute Gasteiger partial charge is 0.267 e. The van der Waals surface area contributed by atoms with Crippen LogP contribution in [-0.2, 0) is 10.0 Å². The number of nitrogens with zero attached hydrogens (tertiary/aromatic N) is 3. The molecule has 0 aromatic carbocycles. The van der Waals surface area contributed by atoms with E-state index in [1.807, 2.05) is 6.92 Å². The highest BCUT2D eigenvalue weighted by atomic mass is 32.2. The summed E-state index contributed by atoms with van der Waals surface area (Å²) in [4.78, 5) is 17.2. The highest BCUT2D eigenvalue weighted by Crippen LogP contribution is 2.27. The number of sulfonamides is 1. The van der Waals surface area contributed by atoms with Crippen molar-refractivity contribution < 1.29 is 8.42 Å². The normalized spacial score (nSPS) is 20.5. The lowest BCUT2D eigenvalue weighted by Crippen LogP contribution is -2.45. The molecule has 120 valence electrons. The molecule has 0 radical (unpaired) electrons. The lowest BCUT2D eigenvalue weighted by Gasteiger charge is -2.34. The number of aryl methyl sites for hydroxylation is 1. The summed E-state index contributed by atoms with van der Waals surface area (Å²) < 4.78 is 28.9. The molecular formula is C14H19N3O3S2. The molecule has 1 aliphatic heterocycles. The molecule has 6 nitrogen and oxygen atoms in total. The highest BCUT2D eigenvalue weighted by molar-refractivity contribution is 7.89. The van der Waals surface area contributed by atoms with Gasteiger partial charge in [0.1, 0.15) is 0 Å². The molecule has 1 atom stereocenters. The first-order valence-electron chi connectivity index (χ1n) is 7.45. The number of piperidine rings is 1. The third-order valence-electron chi connectivity index (χ3n) is 4.21. The van der Waals surface area contributed by atoms with Crippen LogP contribution in [0.2, 0.25) is 0 Å². The monoisotopic (exact) mass is 341 g/mol. The Morgan fingerprint density at radius 1 is 1.41 bits per heavy atom. The Hall–Kier alpha value is -1.25. The molecule has 0 bridgehead atoms. The summed E-state index contributed by atoms with van der Waals surface area (Å²) in [5.74, 6) is 0. The van der Waals surface area contributed by atoms with Gasteiger partial charge in [0, 0.05) is 24.2 Å². The maximum Gasteiger partial charge on any atom is 0.279 e. The minimum Gasteiger partial charge on any atom is -0.267 e. The van der Waals surface area contributed by atoms with Gasteiger partial charge in [-0.2, -0.15) is 4.31 Å². The van der Waals surface area contributed by atoms with Gasteiger partial charge in [-0.05, 0) is 26.2 Å². The second-order valence-corrected chi connectivity index (χ2v) is 8.26. The summed E-state index contributed by atoms with van der Waals surface area (Å²) in [6, 6.07) is -0.0271. The summed E-state index contributed by atoms with van der Waals surface area (Å²) in [5, 5.41) is 1.73. The van der Waals surface area contributed by atoms with E-state index in [4.69, 9.17) is 0 Å². The largest absolute Gasteiger partial charge is 0.279 e.